The number of fused-ring (bicyclic) bond motifs is 1. The van der Waals surface area contributed by atoms with Gasteiger partial charge in [0.25, 0.3) is 5.91 Å². The second-order valence-electron chi connectivity index (χ2n) is 10.7. The molecular formula is C31H34F3N4O2P. The lowest BCUT2D eigenvalue weighted by atomic mass is 9.96. The van der Waals surface area contributed by atoms with Crippen LogP contribution in [0, 0.1) is 0 Å². The molecule has 6 atom stereocenters. The number of amides is 1. The number of pyridine rings is 1. The number of hydrogen-bond acceptors (Lipinski definition) is 5. The molecule has 6 nitrogen and oxygen atoms in total. The van der Waals surface area contributed by atoms with E-state index in [4.69, 9.17) is 0 Å². The minimum Gasteiger partial charge on any atom is -0.378 e. The van der Waals surface area contributed by atoms with E-state index >= 15 is 0 Å². The van der Waals surface area contributed by atoms with Crippen molar-refractivity contribution in [1.82, 2.24) is 14.8 Å². The van der Waals surface area contributed by atoms with Crippen LogP contribution in [0.4, 0.5) is 18.9 Å². The van der Waals surface area contributed by atoms with Crippen LogP contribution in [0.5, 0.6) is 0 Å². The average molecular weight is 583 g/mol. The fourth-order valence-electron chi connectivity index (χ4n) is 5.75. The van der Waals surface area contributed by atoms with Gasteiger partial charge in [-0.05, 0) is 43.7 Å². The first-order chi connectivity index (χ1) is 19.6. The summed E-state index contributed by atoms with van der Waals surface area (Å²) in [6.07, 6.45) is -0.913. The third-order valence-corrected chi connectivity index (χ3v) is 8.78. The molecule has 1 amide bonds. The number of nitrogens with one attached hydrogen (secondary N) is 1. The first-order valence-corrected chi connectivity index (χ1v) is 14.4. The van der Waals surface area contributed by atoms with Crippen LogP contribution in [0.2, 0.25) is 0 Å². The number of rotatable bonds is 7. The molecule has 0 bridgehead atoms. The highest BCUT2D eigenvalue weighted by molar-refractivity contribution is 7.17. The van der Waals surface area contributed by atoms with E-state index in [-0.39, 0.29) is 17.4 Å². The lowest BCUT2D eigenvalue weighted by Gasteiger charge is -2.45. The smallest absolute Gasteiger partial charge is 0.257 e. The molecule has 1 saturated heterocycles. The fourth-order valence-corrected chi connectivity index (χ4v) is 6.41. The number of anilines is 1. The molecule has 6 unspecified atom stereocenters. The monoisotopic (exact) mass is 582 g/mol. The highest BCUT2D eigenvalue weighted by Gasteiger charge is 2.35. The summed E-state index contributed by atoms with van der Waals surface area (Å²) in [5, 5.41) is 14.4. The molecule has 2 heterocycles. The van der Waals surface area contributed by atoms with Crippen molar-refractivity contribution in [1.29, 1.82) is 0 Å². The Morgan fingerprint density at radius 1 is 1.12 bits per heavy atom. The molecule has 1 aliphatic heterocycles. The second kappa shape index (κ2) is 12.4. The average Bonchev–Trinajstić information content (AvgIpc) is 2.96. The van der Waals surface area contributed by atoms with Crippen molar-refractivity contribution in [2.75, 3.05) is 25.0 Å². The molecule has 2 N–H and O–H groups in total. The first kappa shape index (κ1) is 29.4. The van der Waals surface area contributed by atoms with Gasteiger partial charge in [-0.25, -0.2) is 13.2 Å². The number of carbonyl (C=O) groups excluding carboxylic acids is 1. The van der Waals surface area contributed by atoms with Crippen molar-refractivity contribution in [3.8, 4) is 0 Å². The topological polar surface area (TPSA) is 68.7 Å². The van der Waals surface area contributed by atoms with Crippen molar-refractivity contribution in [3.05, 3.63) is 95.2 Å². The molecule has 1 aliphatic carbocycles. The molecule has 1 aromatic heterocycles. The number of hydrogen-bond donors (Lipinski definition) is 2. The van der Waals surface area contributed by atoms with Crippen LogP contribution in [0.25, 0.3) is 10.9 Å². The van der Waals surface area contributed by atoms with Crippen LogP contribution in [0.15, 0.2) is 84.1 Å². The number of alkyl halides is 1. The number of allylic oxidation sites excluding steroid dienone is 2. The summed E-state index contributed by atoms with van der Waals surface area (Å²) in [6, 6.07) is 16.1. The Bertz CT molecular complexity index is 1480. The SMILES string of the molecule is CC(C1=C(F)CC(F)C=C1F)N1CCN(C(P)c2ccc(NC(=O)C(O)c3cccc4cccnc34)cc2)C(C)C1. The maximum atomic E-state index is 14.5. The molecule has 0 radical (unpaired) electrons. The maximum absolute atomic E-state index is 14.5. The lowest BCUT2D eigenvalue weighted by Crippen LogP contribution is -2.54. The largest absolute Gasteiger partial charge is 0.378 e. The zero-order chi connectivity index (χ0) is 29.3. The van der Waals surface area contributed by atoms with Crippen LogP contribution in [0.3, 0.4) is 0 Å². The Hall–Kier alpha value is -3.10. The van der Waals surface area contributed by atoms with E-state index in [1.54, 1.807) is 43.5 Å². The molecule has 1 fully saturated rings. The molecule has 0 saturated carbocycles. The van der Waals surface area contributed by atoms with Gasteiger partial charge in [0.15, 0.2) is 6.10 Å². The van der Waals surface area contributed by atoms with Gasteiger partial charge in [-0.3, -0.25) is 19.6 Å². The van der Waals surface area contributed by atoms with Gasteiger partial charge in [0.2, 0.25) is 0 Å². The van der Waals surface area contributed by atoms with Gasteiger partial charge >= 0.3 is 0 Å². The van der Waals surface area contributed by atoms with Crippen LogP contribution in [-0.2, 0) is 4.79 Å². The number of aromatic nitrogens is 1. The predicted octanol–water partition coefficient (Wildman–Crippen LogP) is 5.99. The Balaban J connectivity index is 1.20. The van der Waals surface area contributed by atoms with Gasteiger partial charge in [-0.2, -0.15) is 0 Å². The number of benzene rings is 2. The van der Waals surface area contributed by atoms with E-state index in [9.17, 15) is 23.1 Å². The summed E-state index contributed by atoms with van der Waals surface area (Å²) >= 11 is 0. The van der Waals surface area contributed by atoms with Gasteiger partial charge < -0.3 is 10.4 Å². The summed E-state index contributed by atoms with van der Waals surface area (Å²) in [7, 11) is 2.85. The van der Waals surface area contributed by atoms with Crippen molar-refractivity contribution in [3.63, 3.8) is 0 Å². The number of aliphatic hydroxyl groups excluding tert-OH is 1. The normalized spacial score (nSPS) is 22.8. The molecule has 2 aromatic carbocycles. The highest BCUT2D eigenvalue weighted by Crippen LogP contribution is 2.36. The summed E-state index contributed by atoms with van der Waals surface area (Å²) in [5.74, 6) is -2.08. The van der Waals surface area contributed by atoms with Gasteiger partial charge in [-0.1, -0.05) is 36.4 Å². The van der Waals surface area contributed by atoms with E-state index in [1.807, 2.05) is 29.2 Å². The van der Waals surface area contributed by atoms with Crippen molar-refractivity contribution in [2.24, 2.45) is 0 Å². The first-order valence-electron chi connectivity index (χ1n) is 13.7. The Morgan fingerprint density at radius 3 is 2.56 bits per heavy atom. The number of para-hydroxylation sites is 1. The molecule has 0 spiro atoms. The molecule has 3 aromatic rings. The zero-order valence-electron chi connectivity index (χ0n) is 23.0. The molecule has 41 heavy (non-hydrogen) atoms. The van der Waals surface area contributed by atoms with Crippen LogP contribution in [0.1, 0.15) is 43.3 Å². The van der Waals surface area contributed by atoms with E-state index in [2.05, 4.69) is 31.4 Å². The number of halogens is 3. The van der Waals surface area contributed by atoms with Crippen molar-refractivity contribution >= 4 is 31.7 Å². The summed E-state index contributed by atoms with van der Waals surface area (Å²) in [4.78, 5) is 21.5. The number of nitrogens with zero attached hydrogens (tertiary/aromatic N) is 3. The van der Waals surface area contributed by atoms with E-state index < -0.39 is 42.3 Å². The third-order valence-electron chi connectivity index (χ3n) is 8.01. The van der Waals surface area contributed by atoms with Gasteiger partial charge in [0, 0.05) is 72.3 Å². The van der Waals surface area contributed by atoms with Crippen LogP contribution in [-0.4, -0.2) is 63.7 Å². The molecule has 5 rings (SSSR count). The van der Waals surface area contributed by atoms with E-state index in [0.29, 0.717) is 36.4 Å². The summed E-state index contributed by atoms with van der Waals surface area (Å²) in [5.41, 5.74) is 2.56. The summed E-state index contributed by atoms with van der Waals surface area (Å²) in [6.45, 7) is 5.72. The lowest BCUT2D eigenvalue weighted by molar-refractivity contribution is -0.124. The van der Waals surface area contributed by atoms with Crippen LogP contribution >= 0.6 is 9.24 Å². The maximum Gasteiger partial charge on any atom is 0.257 e. The van der Waals surface area contributed by atoms with Gasteiger partial charge in [0.05, 0.1) is 5.52 Å². The molecular weight excluding hydrogens is 548 g/mol. The van der Waals surface area contributed by atoms with Crippen LogP contribution < -0.4 is 5.32 Å². The van der Waals surface area contributed by atoms with E-state index in [0.717, 1.165) is 17.0 Å². The Morgan fingerprint density at radius 2 is 1.85 bits per heavy atom. The zero-order valence-corrected chi connectivity index (χ0v) is 24.1. The molecule has 10 heteroatoms. The predicted molar refractivity (Wildman–Crippen MR) is 158 cm³/mol. The van der Waals surface area contributed by atoms with Crippen molar-refractivity contribution < 1.29 is 23.1 Å². The number of piperazine rings is 1. The number of carbonyl (C=O) groups is 1. The van der Waals surface area contributed by atoms with E-state index in [1.165, 1.54) is 0 Å². The van der Waals surface area contributed by atoms with Gasteiger partial charge in [0.1, 0.15) is 17.8 Å². The summed E-state index contributed by atoms with van der Waals surface area (Å²) < 4.78 is 42.4. The second-order valence-corrected chi connectivity index (χ2v) is 11.3. The minimum atomic E-state index is -1.62. The van der Waals surface area contributed by atoms with Gasteiger partial charge in [-0.15, -0.1) is 9.24 Å². The third kappa shape index (κ3) is 6.24. The quantitative estimate of drug-likeness (QED) is 0.335. The Labute approximate surface area is 240 Å². The Kier molecular flexibility index (Phi) is 8.90. The fraction of sp³-hybridized carbons (Fsp3) is 0.355. The minimum absolute atomic E-state index is 0.0193. The highest BCUT2D eigenvalue weighted by atomic mass is 31.0. The molecule has 2 aliphatic rings. The standard InChI is InChI=1S/C31H34F3N4O2P/c1-18-17-37(19(2)27-25(33)15-22(32)16-26(27)34)13-14-38(18)31(41)21-8-10-23(11-9-21)36-30(40)29(39)24-7-3-5-20-6-4-12-35-28(20)24/h3-12,15,18-19,22,29,31,39H,13-14,16-17,41H2,1-2H3,(H,36,40). The number of aliphatic hydroxyl groups is 1. The molecule has 216 valence electrons. The van der Waals surface area contributed by atoms with Crippen molar-refractivity contribution in [2.45, 2.75) is 50.4 Å².